The van der Waals surface area contributed by atoms with Crippen LogP contribution in [-0.2, 0) is 6.54 Å². The smallest absolute Gasteiger partial charge is 0.161 e. The lowest BCUT2D eigenvalue weighted by atomic mass is 10.1. The molecule has 2 heterocycles. The lowest BCUT2D eigenvalue weighted by Crippen LogP contribution is -2.30. The first-order chi connectivity index (χ1) is 11.7. The molecule has 2 aromatic rings. The SMILES string of the molecule is COc1ccc(CN2CCCC2CC(O)c2cccs2)cc1OC. The molecule has 1 aliphatic heterocycles. The van der Waals surface area contributed by atoms with E-state index in [9.17, 15) is 5.11 Å². The summed E-state index contributed by atoms with van der Waals surface area (Å²) in [6.45, 7) is 1.96. The van der Waals surface area contributed by atoms with Crippen molar-refractivity contribution in [2.75, 3.05) is 20.8 Å². The molecule has 24 heavy (non-hydrogen) atoms. The number of hydrogen-bond acceptors (Lipinski definition) is 5. The van der Waals surface area contributed by atoms with E-state index in [1.807, 2.05) is 29.6 Å². The summed E-state index contributed by atoms with van der Waals surface area (Å²) >= 11 is 1.63. The molecule has 130 valence electrons. The summed E-state index contributed by atoms with van der Waals surface area (Å²) < 4.78 is 10.7. The molecule has 1 fully saturated rings. The average Bonchev–Trinajstić information content (AvgIpc) is 3.27. The highest BCUT2D eigenvalue weighted by molar-refractivity contribution is 7.10. The highest BCUT2D eigenvalue weighted by atomic mass is 32.1. The van der Waals surface area contributed by atoms with Gasteiger partial charge in [-0.1, -0.05) is 12.1 Å². The molecule has 5 heteroatoms. The van der Waals surface area contributed by atoms with E-state index in [0.29, 0.717) is 6.04 Å². The summed E-state index contributed by atoms with van der Waals surface area (Å²) in [4.78, 5) is 3.53. The Hall–Kier alpha value is -1.56. The van der Waals surface area contributed by atoms with Crippen LogP contribution >= 0.6 is 11.3 Å². The third kappa shape index (κ3) is 3.91. The normalized spacial score (nSPS) is 19.4. The van der Waals surface area contributed by atoms with Gasteiger partial charge in [0, 0.05) is 17.5 Å². The van der Waals surface area contributed by atoms with Crippen LogP contribution in [0, 0.1) is 0 Å². The van der Waals surface area contributed by atoms with Crippen molar-refractivity contribution >= 4 is 11.3 Å². The average molecular weight is 347 g/mol. The van der Waals surface area contributed by atoms with Crippen LogP contribution in [0.4, 0.5) is 0 Å². The van der Waals surface area contributed by atoms with E-state index in [2.05, 4.69) is 11.0 Å². The molecule has 1 aliphatic rings. The standard InChI is InChI=1S/C19H25NO3S/c1-22-17-8-7-14(11-18(17)23-2)13-20-9-3-5-15(20)12-16(21)19-6-4-10-24-19/h4,6-8,10-11,15-16,21H,3,5,9,12-13H2,1-2H3. The molecule has 1 aromatic heterocycles. The van der Waals surface area contributed by atoms with Crippen LogP contribution in [-0.4, -0.2) is 36.8 Å². The summed E-state index contributed by atoms with van der Waals surface area (Å²) in [6, 6.07) is 10.5. The van der Waals surface area contributed by atoms with Crippen LogP contribution in [0.2, 0.25) is 0 Å². The first kappa shape index (κ1) is 17.3. The molecular weight excluding hydrogens is 322 g/mol. The molecule has 2 unspecified atom stereocenters. The minimum atomic E-state index is -0.360. The highest BCUT2D eigenvalue weighted by Gasteiger charge is 2.27. The second-order valence-electron chi connectivity index (χ2n) is 6.22. The minimum Gasteiger partial charge on any atom is -0.493 e. The fourth-order valence-electron chi connectivity index (χ4n) is 3.44. The van der Waals surface area contributed by atoms with E-state index in [4.69, 9.17) is 9.47 Å². The van der Waals surface area contributed by atoms with E-state index in [0.717, 1.165) is 42.3 Å². The fraction of sp³-hybridized carbons (Fsp3) is 0.474. The van der Waals surface area contributed by atoms with Gasteiger partial charge in [0.25, 0.3) is 0 Å². The monoisotopic (exact) mass is 347 g/mol. The molecule has 0 spiro atoms. The molecule has 1 saturated heterocycles. The molecule has 0 amide bonds. The van der Waals surface area contributed by atoms with E-state index < -0.39 is 0 Å². The van der Waals surface area contributed by atoms with E-state index in [-0.39, 0.29) is 6.10 Å². The van der Waals surface area contributed by atoms with Crippen LogP contribution in [0.1, 0.15) is 35.8 Å². The van der Waals surface area contributed by atoms with Gasteiger partial charge in [0.15, 0.2) is 11.5 Å². The van der Waals surface area contributed by atoms with Crippen molar-refractivity contribution in [2.24, 2.45) is 0 Å². The Morgan fingerprint density at radius 1 is 1.25 bits per heavy atom. The van der Waals surface area contributed by atoms with E-state index in [1.165, 1.54) is 12.0 Å². The van der Waals surface area contributed by atoms with Gasteiger partial charge in [0.1, 0.15) is 0 Å². The van der Waals surface area contributed by atoms with Crippen molar-refractivity contribution in [3.05, 3.63) is 46.2 Å². The minimum absolute atomic E-state index is 0.360. The van der Waals surface area contributed by atoms with Crippen LogP contribution in [0.5, 0.6) is 11.5 Å². The van der Waals surface area contributed by atoms with Crippen LogP contribution < -0.4 is 9.47 Å². The Bertz CT molecular complexity index is 644. The Balaban J connectivity index is 1.65. The van der Waals surface area contributed by atoms with Gasteiger partial charge in [-0.2, -0.15) is 0 Å². The molecule has 0 aliphatic carbocycles. The summed E-state index contributed by atoms with van der Waals surface area (Å²) in [5.41, 5.74) is 1.21. The van der Waals surface area contributed by atoms with Crippen molar-refractivity contribution in [3.8, 4) is 11.5 Å². The third-order valence-corrected chi connectivity index (χ3v) is 5.67. The largest absolute Gasteiger partial charge is 0.493 e. The molecule has 3 rings (SSSR count). The highest BCUT2D eigenvalue weighted by Crippen LogP contribution is 2.32. The van der Waals surface area contributed by atoms with Gasteiger partial charge in [0.05, 0.1) is 20.3 Å². The molecule has 0 saturated carbocycles. The second-order valence-corrected chi connectivity index (χ2v) is 7.20. The fourth-order valence-corrected chi connectivity index (χ4v) is 4.16. The van der Waals surface area contributed by atoms with Gasteiger partial charge in [-0.25, -0.2) is 0 Å². The molecule has 4 nitrogen and oxygen atoms in total. The number of rotatable bonds is 7. The van der Waals surface area contributed by atoms with Gasteiger partial charge >= 0.3 is 0 Å². The summed E-state index contributed by atoms with van der Waals surface area (Å²) in [7, 11) is 3.32. The molecule has 2 atom stereocenters. The van der Waals surface area contributed by atoms with Crippen molar-refractivity contribution in [3.63, 3.8) is 0 Å². The lowest BCUT2D eigenvalue weighted by molar-refractivity contribution is 0.120. The summed E-state index contributed by atoms with van der Waals surface area (Å²) in [5.74, 6) is 1.52. The number of nitrogens with zero attached hydrogens (tertiary/aromatic N) is 1. The van der Waals surface area contributed by atoms with Gasteiger partial charge in [-0.15, -0.1) is 11.3 Å². The Labute approximate surface area is 147 Å². The van der Waals surface area contributed by atoms with Crippen molar-refractivity contribution in [1.29, 1.82) is 0 Å². The first-order valence-electron chi connectivity index (χ1n) is 8.37. The number of benzene rings is 1. The topological polar surface area (TPSA) is 41.9 Å². The predicted molar refractivity (Wildman–Crippen MR) is 96.9 cm³/mol. The van der Waals surface area contributed by atoms with Gasteiger partial charge in [-0.3, -0.25) is 4.90 Å². The van der Waals surface area contributed by atoms with Crippen LogP contribution in [0.25, 0.3) is 0 Å². The van der Waals surface area contributed by atoms with Crippen LogP contribution in [0.3, 0.4) is 0 Å². The second kappa shape index (κ2) is 8.01. The Morgan fingerprint density at radius 2 is 2.08 bits per heavy atom. The zero-order chi connectivity index (χ0) is 16.9. The summed E-state index contributed by atoms with van der Waals surface area (Å²) in [5, 5.41) is 12.5. The maximum Gasteiger partial charge on any atom is 0.161 e. The lowest BCUT2D eigenvalue weighted by Gasteiger charge is -2.26. The zero-order valence-electron chi connectivity index (χ0n) is 14.3. The third-order valence-electron chi connectivity index (χ3n) is 4.70. The zero-order valence-corrected chi connectivity index (χ0v) is 15.1. The molecule has 0 bridgehead atoms. The van der Waals surface area contributed by atoms with Crippen molar-refractivity contribution in [2.45, 2.75) is 38.0 Å². The maximum absolute atomic E-state index is 10.5. The first-order valence-corrected chi connectivity index (χ1v) is 9.25. The number of methoxy groups -OCH3 is 2. The number of likely N-dealkylation sites (tertiary alicyclic amines) is 1. The van der Waals surface area contributed by atoms with Gasteiger partial charge in [-0.05, 0) is 54.9 Å². The number of aliphatic hydroxyl groups is 1. The quantitative estimate of drug-likeness (QED) is 0.826. The molecule has 1 aromatic carbocycles. The number of ether oxygens (including phenoxy) is 2. The maximum atomic E-state index is 10.5. The number of aliphatic hydroxyl groups excluding tert-OH is 1. The molecular formula is C19H25NO3S. The van der Waals surface area contributed by atoms with Crippen molar-refractivity contribution in [1.82, 2.24) is 4.90 Å². The number of thiophene rings is 1. The van der Waals surface area contributed by atoms with Crippen molar-refractivity contribution < 1.29 is 14.6 Å². The molecule has 1 N–H and O–H groups in total. The Kier molecular flexibility index (Phi) is 5.76. The summed E-state index contributed by atoms with van der Waals surface area (Å²) in [6.07, 6.45) is 2.78. The van der Waals surface area contributed by atoms with Gasteiger partial charge < -0.3 is 14.6 Å². The predicted octanol–water partition coefficient (Wildman–Crippen LogP) is 3.85. The van der Waals surface area contributed by atoms with Gasteiger partial charge in [0.2, 0.25) is 0 Å². The molecule has 0 radical (unpaired) electrons. The van der Waals surface area contributed by atoms with E-state index >= 15 is 0 Å². The van der Waals surface area contributed by atoms with E-state index in [1.54, 1.807) is 25.6 Å². The number of hydrogen-bond donors (Lipinski definition) is 1. The van der Waals surface area contributed by atoms with Crippen LogP contribution in [0.15, 0.2) is 35.7 Å². The Morgan fingerprint density at radius 3 is 2.79 bits per heavy atom.